The summed E-state index contributed by atoms with van der Waals surface area (Å²) in [5.74, 6) is -1.80. The SMILES string of the molecule is O=S(=O)(O)CC(F)C(F)C(F)C(F)C(F)CF.[LiH]. The molecule has 0 bridgehead atoms. The molecule has 0 saturated carbocycles. The van der Waals surface area contributed by atoms with Gasteiger partial charge >= 0.3 is 18.9 Å². The Morgan fingerprint density at radius 1 is 0.889 bits per heavy atom. The van der Waals surface area contributed by atoms with Crippen molar-refractivity contribution in [2.24, 2.45) is 0 Å². The van der Waals surface area contributed by atoms with Crippen LogP contribution in [-0.4, -0.2) is 75.1 Å². The third kappa shape index (κ3) is 6.87. The van der Waals surface area contributed by atoms with Crippen LogP contribution in [0.5, 0.6) is 0 Å². The molecule has 106 valence electrons. The van der Waals surface area contributed by atoms with E-state index in [0.717, 1.165) is 0 Å². The first-order valence-electron chi connectivity index (χ1n) is 4.31. The van der Waals surface area contributed by atoms with Gasteiger partial charge in [0.05, 0.1) is 0 Å². The molecule has 5 atom stereocenters. The van der Waals surface area contributed by atoms with Gasteiger partial charge in [-0.1, -0.05) is 0 Å². The minimum absolute atomic E-state index is 0. The molecule has 1 N–H and O–H groups in total. The molecule has 0 aromatic heterocycles. The second-order valence-electron chi connectivity index (χ2n) is 3.27. The summed E-state index contributed by atoms with van der Waals surface area (Å²) in [7, 11) is -4.93. The molecule has 18 heavy (non-hydrogen) atoms. The average Bonchev–Trinajstić information content (AvgIpc) is 2.22. The van der Waals surface area contributed by atoms with E-state index in [1.165, 1.54) is 0 Å². The maximum atomic E-state index is 12.8. The molecule has 0 aliphatic rings. The van der Waals surface area contributed by atoms with Gasteiger partial charge in [-0.25, -0.2) is 26.3 Å². The Morgan fingerprint density at radius 2 is 1.28 bits per heavy atom. The minimum atomic E-state index is -4.93. The molecule has 0 rings (SSSR count). The second-order valence-corrected chi connectivity index (χ2v) is 4.77. The zero-order valence-electron chi connectivity index (χ0n) is 8.24. The first-order valence-corrected chi connectivity index (χ1v) is 5.92. The van der Waals surface area contributed by atoms with Gasteiger partial charge in [-0.3, -0.25) is 4.55 Å². The number of rotatable bonds is 7. The predicted octanol–water partition coefficient (Wildman–Crippen LogP) is 0.886. The Hall–Kier alpha value is 0.0874. The molecule has 5 unspecified atom stereocenters. The molecule has 0 aliphatic carbocycles. The van der Waals surface area contributed by atoms with Crippen LogP contribution in [-0.2, 0) is 10.1 Å². The van der Waals surface area contributed by atoms with Gasteiger partial charge in [0.1, 0.15) is 12.4 Å². The van der Waals surface area contributed by atoms with E-state index < -0.39 is 53.4 Å². The fourth-order valence-electron chi connectivity index (χ4n) is 0.953. The van der Waals surface area contributed by atoms with Gasteiger partial charge in [-0.05, 0) is 0 Å². The van der Waals surface area contributed by atoms with Crippen LogP contribution in [0.4, 0.5) is 26.3 Å². The fraction of sp³-hybridized carbons (Fsp3) is 1.00. The molecule has 0 radical (unpaired) electrons. The topological polar surface area (TPSA) is 54.4 Å². The van der Waals surface area contributed by atoms with E-state index in [0.29, 0.717) is 0 Å². The second kappa shape index (κ2) is 8.30. The van der Waals surface area contributed by atoms with Crippen LogP contribution < -0.4 is 0 Å². The van der Waals surface area contributed by atoms with Crippen molar-refractivity contribution in [1.82, 2.24) is 0 Å². The summed E-state index contributed by atoms with van der Waals surface area (Å²) >= 11 is 0. The van der Waals surface area contributed by atoms with Gasteiger partial charge < -0.3 is 0 Å². The Labute approximate surface area is 112 Å². The standard InChI is InChI=1S/C7H10F6O3S.Li.H/c8-1-3(9)5(11)7(13)6(12)4(10)2-17(14,15)16;;/h3-7H,1-2H2,(H,14,15,16);;. The summed E-state index contributed by atoms with van der Waals surface area (Å²) in [6, 6.07) is 0. The van der Waals surface area contributed by atoms with Gasteiger partial charge in [0.25, 0.3) is 10.1 Å². The Kier molecular flexibility index (Phi) is 9.41. The Bertz CT molecular complexity index is 329. The van der Waals surface area contributed by atoms with Crippen molar-refractivity contribution in [3.8, 4) is 0 Å². The van der Waals surface area contributed by atoms with Gasteiger partial charge in [-0.2, -0.15) is 8.42 Å². The third-order valence-corrected chi connectivity index (χ3v) is 2.56. The molecular formula is C7H11F6LiO3S. The van der Waals surface area contributed by atoms with E-state index in [2.05, 4.69) is 0 Å². The van der Waals surface area contributed by atoms with E-state index in [9.17, 15) is 34.8 Å². The van der Waals surface area contributed by atoms with Crippen LogP contribution in [0.15, 0.2) is 0 Å². The van der Waals surface area contributed by atoms with Gasteiger partial charge in [-0.15, -0.1) is 0 Å². The Balaban J connectivity index is 0. The fourth-order valence-corrected chi connectivity index (χ4v) is 1.54. The summed E-state index contributed by atoms with van der Waals surface area (Å²) in [4.78, 5) is 0. The first kappa shape index (κ1) is 20.4. The molecule has 3 nitrogen and oxygen atoms in total. The molecule has 0 fully saturated rings. The molecule has 0 amide bonds. The summed E-state index contributed by atoms with van der Waals surface area (Å²) in [6.07, 6.45) is -16.0. The average molecular weight is 296 g/mol. The number of halogens is 6. The Morgan fingerprint density at radius 3 is 1.61 bits per heavy atom. The summed E-state index contributed by atoms with van der Waals surface area (Å²) in [5, 5.41) is 0. The van der Waals surface area contributed by atoms with Gasteiger partial charge in [0.15, 0.2) is 30.9 Å². The van der Waals surface area contributed by atoms with E-state index in [4.69, 9.17) is 4.55 Å². The molecule has 0 heterocycles. The molecule has 0 saturated heterocycles. The molecule has 0 aromatic carbocycles. The van der Waals surface area contributed by atoms with E-state index in [-0.39, 0.29) is 18.9 Å². The molecule has 0 spiro atoms. The molecular weight excluding hydrogens is 285 g/mol. The van der Waals surface area contributed by atoms with Crippen LogP contribution in [0.2, 0.25) is 0 Å². The van der Waals surface area contributed by atoms with Crippen molar-refractivity contribution in [2.45, 2.75) is 30.9 Å². The first-order chi connectivity index (χ1) is 7.60. The molecule has 0 aromatic rings. The van der Waals surface area contributed by atoms with Crippen molar-refractivity contribution in [2.75, 3.05) is 12.4 Å². The van der Waals surface area contributed by atoms with Crippen molar-refractivity contribution in [1.29, 1.82) is 0 Å². The van der Waals surface area contributed by atoms with Crippen LogP contribution in [0, 0.1) is 0 Å². The van der Waals surface area contributed by atoms with Crippen molar-refractivity contribution < 1.29 is 39.3 Å². The van der Waals surface area contributed by atoms with Gasteiger partial charge in [0.2, 0.25) is 0 Å². The third-order valence-electron chi connectivity index (χ3n) is 1.82. The van der Waals surface area contributed by atoms with E-state index in [1.54, 1.807) is 0 Å². The van der Waals surface area contributed by atoms with Crippen molar-refractivity contribution in [3.05, 3.63) is 0 Å². The number of hydrogen-bond acceptors (Lipinski definition) is 2. The van der Waals surface area contributed by atoms with Crippen LogP contribution in [0.1, 0.15) is 0 Å². The maximum absolute atomic E-state index is 12.8. The zero-order chi connectivity index (χ0) is 13.8. The van der Waals surface area contributed by atoms with E-state index >= 15 is 0 Å². The zero-order valence-corrected chi connectivity index (χ0v) is 9.06. The van der Waals surface area contributed by atoms with Crippen LogP contribution in [0.3, 0.4) is 0 Å². The molecule has 0 aliphatic heterocycles. The van der Waals surface area contributed by atoms with Gasteiger partial charge in [0, 0.05) is 0 Å². The van der Waals surface area contributed by atoms with E-state index in [1.807, 2.05) is 0 Å². The number of hydrogen-bond donors (Lipinski definition) is 1. The monoisotopic (exact) mass is 296 g/mol. The van der Waals surface area contributed by atoms with Crippen LogP contribution >= 0.6 is 0 Å². The normalized spacial score (nSPS) is 20.4. The quantitative estimate of drug-likeness (QED) is 0.431. The molecule has 11 heteroatoms. The number of alkyl halides is 6. The summed E-state index contributed by atoms with van der Waals surface area (Å²) < 4.78 is 103. The summed E-state index contributed by atoms with van der Waals surface area (Å²) in [6.45, 7) is -1.93. The van der Waals surface area contributed by atoms with Crippen molar-refractivity contribution in [3.63, 3.8) is 0 Å². The van der Waals surface area contributed by atoms with Crippen LogP contribution in [0.25, 0.3) is 0 Å². The summed E-state index contributed by atoms with van der Waals surface area (Å²) in [5.41, 5.74) is 0. The predicted molar refractivity (Wildman–Crippen MR) is 54.0 cm³/mol. The van der Waals surface area contributed by atoms with Crippen molar-refractivity contribution >= 4 is 29.0 Å².